The second kappa shape index (κ2) is 3.81. The molecule has 13 heavy (non-hydrogen) atoms. The lowest BCUT2D eigenvalue weighted by Gasteiger charge is -2.06. The Bertz CT molecular complexity index is 306. The highest BCUT2D eigenvalue weighted by atomic mass is 16.4. The molecule has 0 fully saturated rings. The van der Waals surface area contributed by atoms with Gasteiger partial charge in [-0.2, -0.15) is 0 Å². The molecule has 0 amide bonds. The van der Waals surface area contributed by atoms with E-state index in [-0.39, 0.29) is 0 Å². The van der Waals surface area contributed by atoms with Crippen LogP contribution in [-0.4, -0.2) is 38.5 Å². The molecule has 1 unspecified atom stereocenters. The second-order valence-electron chi connectivity index (χ2n) is 2.41. The van der Waals surface area contributed by atoms with Crippen LogP contribution in [0.15, 0.2) is 12.5 Å². The summed E-state index contributed by atoms with van der Waals surface area (Å²) in [5, 5.41) is 17.2. The Morgan fingerprint density at radius 2 is 2.31 bits per heavy atom. The Balaban J connectivity index is 2.86. The number of aliphatic carboxylic acids is 1. The van der Waals surface area contributed by atoms with Crippen molar-refractivity contribution in [3.8, 4) is 0 Å². The number of Topliss-reactive ketones (excluding diaryl/α,β-unsaturated/α-hetero) is 1. The summed E-state index contributed by atoms with van der Waals surface area (Å²) in [6.07, 6.45) is 2.62. The van der Waals surface area contributed by atoms with Crippen LogP contribution in [0.4, 0.5) is 0 Å². The third-order valence-corrected chi connectivity index (χ3v) is 1.60. The zero-order valence-electron chi connectivity index (χ0n) is 6.60. The van der Waals surface area contributed by atoms with Crippen LogP contribution in [0, 0.1) is 0 Å². The quantitative estimate of drug-likeness (QED) is 0.528. The van der Waals surface area contributed by atoms with Gasteiger partial charge < -0.3 is 15.2 Å². The Labute approximate surface area is 73.2 Å². The number of imidazole rings is 1. The molecule has 0 radical (unpaired) electrons. The van der Waals surface area contributed by atoms with Crippen LogP contribution in [0.2, 0.25) is 0 Å². The van der Waals surface area contributed by atoms with Gasteiger partial charge >= 0.3 is 5.97 Å². The summed E-state index contributed by atoms with van der Waals surface area (Å²) in [7, 11) is 0. The average Bonchev–Trinajstić information content (AvgIpc) is 2.58. The maximum atomic E-state index is 11.0. The number of carboxylic acids is 1. The number of aliphatic hydroxyl groups excluding tert-OH is 1. The van der Waals surface area contributed by atoms with Crippen molar-refractivity contribution in [3.05, 3.63) is 18.2 Å². The van der Waals surface area contributed by atoms with E-state index < -0.39 is 24.3 Å². The molecule has 0 saturated heterocycles. The number of carbonyl (C=O) groups is 2. The molecule has 0 aromatic carbocycles. The van der Waals surface area contributed by atoms with E-state index in [9.17, 15) is 9.59 Å². The standard InChI is InChI=1S/C7H8N2O4/c10-2-4(6(11)7(12)13)5-1-8-3-9-5/h1,3-4,10H,2H2,(H,8,9)(H,12,13). The third-order valence-electron chi connectivity index (χ3n) is 1.60. The molecule has 0 spiro atoms. The zero-order valence-corrected chi connectivity index (χ0v) is 6.60. The van der Waals surface area contributed by atoms with Gasteiger partial charge in [0.25, 0.3) is 5.78 Å². The minimum atomic E-state index is -1.56. The minimum Gasteiger partial charge on any atom is -0.475 e. The fourth-order valence-electron chi connectivity index (χ4n) is 0.929. The number of H-pyrrole nitrogens is 1. The summed E-state index contributed by atoms with van der Waals surface area (Å²) in [6, 6.07) is 0. The van der Waals surface area contributed by atoms with Crippen LogP contribution in [0.25, 0.3) is 0 Å². The zero-order chi connectivity index (χ0) is 9.84. The van der Waals surface area contributed by atoms with Crippen molar-refractivity contribution in [1.82, 2.24) is 9.97 Å². The number of ketones is 1. The van der Waals surface area contributed by atoms with E-state index in [4.69, 9.17) is 10.2 Å². The highest BCUT2D eigenvalue weighted by Gasteiger charge is 2.26. The van der Waals surface area contributed by atoms with Gasteiger partial charge in [0.15, 0.2) is 0 Å². The summed E-state index contributed by atoms with van der Waals surface area (Å²) in [5.41, 5.74) is 0.301. The Kier molecular flexibility index (Phi) is 2.76. The number of aromatic nitrogens is 2. The molecule has 0 aliphatic carbocycles. The molecule has 1 atom stereocenters. The van der Waals surface area contributed by atoms with E-state index in [1.807, 2.05) is 0 Å². The molecule has 3 N–H and O–H groups in total. The minimum absolute atomic E-state index is 0.301. The van der Waals surface area contributed by atoms with E-state index in [2.05, 4.69) is 9.97 Å². The van der Waals surface area contributed by atoms with Crippen molar-refractivity contribution in [3.63, 3.8) is 0 Å². The first-order chi connectivity index (χ1) is 6.16. The van der Waals surface area contributed by atoms with Gasteiger partial charge in [-0.1, -0.05) is 0 Å². The molecular formula is C7H8N2O4. The van der Waals surface area contributed by atoms with E-state index >= 15 is 0 Å². The SMILES string of the molecule is O=C(O)C(=O)C(CO)c1cnc[nH]1. The number of aromatic amines is 1. The highest BCUT2D eigenvalue weighted by molar-refractivity contribution is 6.34. The smallest absolute Gasteiger partial charge is 0.372 e. The maximum absolute atomic E-state index is 11.0. The van der Waals surface area contributed by atoms with Crippen molar-refractivity contribution in [1.29, 1.82) is 0 Å². The third kappa shape index (κ3) is 1.91. The number of carboxylic acid groups (broad SMARTS) is 1. The maximum Gasteiger partial charge on any atom is 0.372 e. The van der Waals surface area contributed by atoms with E-state index in [1.165, 1.54) is 12.5 Å². The summed E-state index contributed by atoms with van der Waals surface area (Å²) in [5.74, 6) is -3.67. The molecule has 1 aromatic heterocycles. The number of hydrogen-bond donors (Lipinski definition) is 3. The molecule has 0 bridgehead atoms. The van der Waals surface area contributed by atoms with Gasteiger partial charge in [0.05, 0.1) is 18.9 Å². The number of hydrogen-bond acceptors (Lipinski definition) is 4. The van der Waals surface area contributed by atoms with Crippen LogP contribution in [0.3, 0.4) is 0 Å². The summed E-state index contributed by atoms with van der Waals surface area (Å²) < 4.78 is 0. The van der Waals surface area contributed by atoms with E-state index in [0.29, 0.717) is 5.69 Å². The van der Waals surface area contributed by atoms with Crippen molar-refractivity contribution in [2.24, 2.45) is 0 Å². The van der Waals surface area contributed by atoms with Gasteiger partial charge in [-0.05, 0) is 0 Å². The van der Waals surface area contributed by atoms with Gasteiger partial charge in [-0.3, -0.25) is 4.79 Å². The van der Waals surface area contributed by atoms with Crippen LogP contribution in [-0.2, 0) is 9.59 Å². The number of rotatable bonds is 4. The Morgan fingerprint density at radius 1 is 1.62 bits per heavy atom. The lowest BCUT2D eigenvalue weighted by atomic mass is 10.0. The second-order valence-corrected chi connectivity index (χ2v) is 2.41. The highest BCUT2D eigenvalue weighted by Crippen LogP contribution is 2.12. The van der Waals surface area contributed by atoms with Gasteiger partial charge in [0.1, 0.15) is 0 Å². The number of nitrogens with zero attached hydrogens (tertiary/aromatic N) is 1. The molecule has 1 aromatic rings. The van der Waals surface area contributed by atoms with Crippen molar-refractivity contribution < 1.29 is 19.8 Å². The van der Waals surface area contributed by atoms with Gasteiger partial charge in [0, 0.05) is 11.9 Å². The first kappa shape index (κ1) is 9.40. The molecule has 1 heterocycles. The largest absolute Gasteiger partial charge is 0.475 e. The topological polar surface area (TPSA) is 103 Å². The average molecular weight is 184 g/mol. The lowest BCUT2D eigenvalue weighted by Crippen LogP contribution is -2.24. The van der Waals surface area contributed by atoms with Crippen molar-refractivity contribution in [2.45, 2.75) is 5.92 Å². The summed E-state index contributed by atoms with van der Waals surface area (Å²) >= 11 is 0. The monoisotopic (exact) mass is 184 g/mol. The van der Waals surface area contributed by atoms with E-state index in [1.54, 1.807) is 0 Å². The van der Waals surface area contributed by atoms with Gasteiger partial charge in [0.2, 0.25) is 0 Å². The molecule has 6 nitrogen and oxygen atoms in total. The van der Waals surface area contributed by atoms with Gasteiger partial charge in [-0.25, -0.2) is 9.78 Å². The van der Waals surface area contributed by atoms with Crippen LogP contribution in [0.5, 0.6) is 0 Å². The molecule has 70 valence electrons. The van der Waals surface area contributed by atoms with Crippen LogP contribution < -0.4 is 0 Å². The first-order valence-electron chi connectivity index (χ1n) is 3.53. The predicted molar refractivity (Wildman–Crippen MR) is 41.1 cm³/mol. The molecule has 0 aliphatic rings. The Hall–Kier alpha value is -1.69. The van der Waals surface area contributed by atoms with Crippen LogP contribution >= 0.6 is 0 Å². The normalized spacial score (nSPS) is 12.4. The fourth-order valence-corrected chi connectivity index (χ4v) is 0.929. The lowest BCUT2D eigenvalue weighted by molar-refractivity contribution is -0.150. The number of carbonyl (C=O) groups excluding carboxylic acids is 1. The first-order valence-corrected chi connectivity index (χ1v) is 3.53. The number of aliphatic hydroxyl groups is 1. The molecule has 1 rings (SSSR count). The molecular weight excluding hydrogens is 176 g/mol. The van der Waals surface area contributed by atoms with E-state index in [0.717, 1.165) is 0 Å². The molecule has 0 saturated carbocycles. The van der Waals surface area contributed by atoms with Crippen LogP contribution in [0.1, 0.15) is 11.6 Å². The van der Waals surface area contributed by atoms with Crippen molar-refractivity contribution >= 4 is 11.8 Å². The predicted octanol–water partition coefficient (Wildman–Crippen LogP) is -0.861. The summed E-state index contributed by atoms with van der Waals surface area (Å²) in [6.45, 7) is -0.548. The number of nitrogens with one attached hydrogen (secondary N) is 1. The van der Waals surface area contributed by atoms with Crippen molar-refractivity contribution in [2.75, 3.05) is 6.61 Å². The fraction of sp³-hybridized carbons (Fsp3) is 0.286. The molecule has 0 aliphatic heterocycles. The van der Waals surface area contributed by atoms with Gasteiger partial charge in [-0.15, -0.1) is 0 Å². The molecule has 6 heteroatoms. The summed E-state index contributed by atoms with van der Waals surface area (Å²) in [4.78, 5) is 27.5. The Morgan fingerprint density at radius 3 is 2.69 bits per heavy atom.